The zero-order valence-electron chi connectivity index (χ0n) is 11.1. The number of nitrogens with zero attached hydrogens (tertiary/aromatic N) is 1. The summed E-state index contributed by atoms with van der Waals surface area (Å²) in [4.78, 5) is 3.74. The van der Waals surface area contributed by atoms with E-state index in [1.807, 2.05) is 0 Å². The number of hydrogen-bond donors (Lipinski definition) is 1. The van der Waals surface area contributed by atoms with E-state index < -0.39 is 0 Å². The van der Waals surface area contributed by atoms with Crippen LogP contribution in [0.5, 0.6) is 0 Å². The van der Waals surface area contributed by atoms with Crippen LogP contribution < -0.4 is 10.6 Å². The lowest BCUT2D eigenvalue weighted by molar-refractivity contribution is 0.582. The van der Waals surface area contributed by atoms with E-state index in [4.69, 9.17) is 18.0 Å². The molecule has 5 heteroatoms. The summed E-state index contributed by atoms with van der Waals surface area (Å²) < 4.78 is 14.3. The summed E-state index contributed by atoms with van der Waals surface area (Å²) in [6.45, 7) is 2.95. The van der Waals surface area contributed by atoms with Gasteiger partial charge in [0.25, 0.3) is 0 Å². The Morgan fingerprint density at radius 3 is 2.95 bits per heavy atom. The Labute approximate surface area is 127 Å². The van der Waals surface area contributed by atoms with Crippen molar-refractivity contribution in [1.29, 1.82) is 0 Å². The molecule has 104 valence electrons. The quantitative estimate of drug-likeness (QED) is 0.859. The number of fused-ring (bicyclic) bond motifs is 1. The lowest BCUT2D eigenvalue weighted by Crippen LogP contribution is -2.33. The van der Waals surface area contributed by atoms with E-state index in [1.54, 1.807) is 23.5 Å². The molecule has 1 aromatic heterocycles. The number of anilines is 1. The Kier molecular flexibility index (Phi) is 3.48. The highest BCUT2D eigenvalue weighted by Gasteiger charge is 2.26. The third-order valence-electron chi connectivity index (χ3n) is 3.82. The maximum atomic E-state index is 14.3. The second kappa shape index (κ2) is 5.14. The van der Waals surface area contributed by atoms with E-state index >= 15 is 0 Å². The van der Waals surface area contributed by atoms with E-state index in [9.17, 15) is 4.39 Å². The standard InChI is InChI=1S/C15H15FN2S2/c1-9-11-5-7-20-14(11)4-6-18(9)13-3-2-10(15(17)19)8-12(13)16/h2-3,5,7-9H,4,6H2,1H3,(H2,17,19). The molecule has 1 unspecified atom stereocenters. The number of rotatable bonds is 2. The van der Waals surface area contributed by atoms with Crippen LogP contribution in [-0.2, 0) is 6.42 Å². The zero-order valence-corrected chi connectivity index (χ0v) is 12.7. The van der Waals surface area contributed by atoms with Crippen LogP contribution in [-0.4, -0.2) is 11.5 Å². The molecule has 0 saturated carbocycles. The minimum absolute atomic E-state index is 0.190. The molecule has 1 atom stereocenters. The van der Waals surface area contributed by atoms with Gasteiger partial charge in [-0.3, -0.25) is 0 Å². The lowest BCUT2D eigenvalue weighted by atomic mass is 10.0. The highest BCUT2D eigenvalue weighted by atomic mass is 32.1. The summed E-state index contributed by atoms with van der Waals surface area (Å²) in [5.74, 6) is -0.263. The van der Waals surface area contributed by atoms with Crippen molar-refractivity contribution >= 4 is 34.2 Å². The lowest BCUT2D eigenvalue weighted by Gasteiger charge is -2.35. The van der Waals surface area contributed by atoms with Gasteiger partial charge in [0.15, 0.2) is 0 Å². The maximum Gasteiger partial charge on any atom is 0.147 e. The van der Waals surface area contributed by atoms with Crippen LogP contribution in [0.3, 0.4) is 0 Å². The van der Waals surface area contributed by atoms with Crippen LogP contribution in [0.15, 0.2) is 29.6 Å². The number of nitrogens with two attached hydrogens (primary N) is 1. The monoisotopic (exact) mass is 306 g/mol. The topological polar surface area (TPSA) is 29.3 Å². The average Bonchev–Trinajstić information content (AvgIpc) is 2.89. The molecule has 20 heavy (non-hydrogen) atoms. The van der Waals surface area contributed by atoms with Crippen LogP contribution in [0, 0.1) is 5.82 Å². The Bertz CT molecular complexity index is 666. The van der Waals surface area contributed by atoms with E-state index in [1.165, 1.54) is 16.5 Å². The minimum atomic E-state index is -0.263. The van der Waals surface area contributed by atoms with Gasteiger partial charge in [-0.05, 0) is 48.6 Å². The third kappa shape index (κ3) is 2.21. The summed E-state index contributed by atoms with van der Waals surface area (Å²) in [5, 5.41) is 2.11. The molecule has 2 nitrogen and oxygen atoms in total. The summed E-state index contributed by atoms with van der Waals surface area (Å²) in [6, 6.07) is 7.31. The van der Waals surface area contributed by atoms with Gasteiger partial charge in [0.2, 0.25) is 0 Å². The predicted octanol–water partition coefficient (Wildman–Crippen LogP) is 3.65. The van der Waals surface area contributed by atoms with E-state index in [0.29, 0.717) is 11.3 Å². The van der Waals surface area contributed by atoms with Crippen molar-refractivity contribution in [2.24, 2.45) is 5.73 Å². The highest BCUT2D eigenvalue weighted by Crippen LogP contribution is 2.37. The van der Waals surface area contributed by atoms with Crippen LogP contribution >= 0.6 is 23.6 Å². The van der Waals surface area contributed by atoms with Crippen molar-refractivity contribution < 1.29 is 4.39 Å². The number of thiophene rings is 1. The van der Waals surface area contributed by atoms with Gasteiger partial charge in [-0.15, -0.1) is 11.3 Å². The van der Waals surface area contributed by atoms with Crippen LogP contribution in [0.25, 0.3) is 0 Å². The largest absolute Gasteiger partial charge is 0.389 e. The summed E-state index contributed by atoms with van der Waals surface area (Å²) >= 11 is 6.67. The molecular formula is C15H15FN2S2. The molecule has 3 rings (SSSR count). The van der Waals surface area contributed by atoms with Gasteiger partial charge >= 0.3 is 0 Å². The Morgan fingerprint density at radius 2 is 2.25 bits per heavy atom. The van der Waals surface area contributed by atoms with Crippen molar-refractivity contribution in [2.75, 3.05) is 11.4 Å². The second-order valence-electron chi connectivity index (χ2n) is 4.95. The van der Waals surface area contributed by atoms with Gasteiger partial charge in [0.05, 0.1) is 11.7 Å². The molecule has 1 aliphatic rings. The van der Waals surface area contributed by atoms with Gasteiger partial charge in [-0.25, -0.2) is 4.39 Å². The molecular weight excluding hydrogens is 291 g/mol. The molecule has 0 amide bonds. The zero-order chi connectivity index (χ0) is 14.3. The summed E-state index contributed by atoms with van der Waals surface area (Å²) in [7, 11) is 0. The molecule has 0 aliphatic carbocycles. The van der Waals surface area contributed by atoms with Crippen molar-refractivity contribution in [1.82, 2.24) is 0 Å². The Morgan fingerprint density at radius 1 is 1.45 bits per heavy atom. The van der Waals surface area contributed by atoms with E-state index in [2.05, 4.69) is 23.3 Å². The van der Waals surface area contributed by atoms with Gasteiger partial charge in [0, 0.05) is 17.0 Å². The first-order valence-electron chi connectivity index (χ1n) is 6.50. The summed E-state index contributed by atoms with van der Waals surface area (Å²) in [6.07, 6.45) is 0.966. The SMILES string of the molecule is CC1c2ccsc2CCN1c1ccc(C(N)=S)cc1F. The number of benzene rings is 1. The number of halogens is 1. The smallest absolute Gasteiger partial charge is 0.147 e. The normalized spacial score (nSPS) is 17.9. The molecule has 0 spiro atoms. The Hall–Kier alpha value is -1.46. The van der Waals surface area contributed by atoms with Crippen molar-refractivity contribution in [3.63, 3.8) is 0 Å². The molecule has 0 radical (unpaired) electrons. The van der Waals surface area contributed by atoms with Crippen LogP contribution in [0.4, 0.5) is 10.1 Å². The highest BCUT2D eigenvalue weighted by molar-refractivity contribution is 7.80. The fourth-order valence-electron chi connectivity index (χ4n) is 2.73. The Balaban J connectivity index is 1.96. The fourth-order valence-corrected chi connectivity index (χ4v) is 3.82. The second-order valence-corrected chi connectivity index (χ2v) is 6.39. The van der Waals surface area contributed by atoms with Crippen molar-refractivity contribution in [3.8, 4) is 0 Å². The first-order chi connectivity index (χ1) is 9.58. The van der Waals surface area contributed by atoms with Crippen molar-refractivity contribution in [2.45, 2.75) is 19.4 Å². The predicted molar refractivity (Wildman–Crippen MR) is 86.1 cm³/mol. The fraction of sp³-hybridized carbons (Fsp3) is 0.267. The first kappa shape index (κ1) is 13.5. The van der Waals surface area contributed by atoms with Gasteiger partial charge in [-0.2, -0.15) is 0 Å². The van der Waals surface area contributed by atoms with E-state index in [0.717, 1.165) is 13.0 Å². The maximum absolute atomic E-state index is 14.3. The number of hydrogen-bond acceptors (Lipinski definition) is 3. The van der Waals surface area contributed by atoms with Gasteiger partial charge in [-0.1, -0.05) is 12.2 Å². The van der Waals surface area contributed by atoms with Gasteiger partial charge in [0.1, 0.15) is 10.8 Å². The molecule has 2 N–H and O–H groups in total. The minimum Gasteiger partial charge on any atom is -0.389 e. The van der Waals surface area contributed by atoms with Crippen LogP contribution in [0.2, 0.25) is 0 Å². The molecule has 0 fully saturated rings. The molecule has 0 saturated heterocycles. The average molecular weight is 306 g/mol. The van der Waals surface area contributed by atoms with Crippen molar-refractivity contribution in [3.05, 3.63) is 51.5 Å². The molecule has 2 aromatic rings. The molecule has 0 bridgehead atoms. The first-order valence-corrected chi connectivity index (χ1v) is 7.79. The molecule has 1 aliphatic heterocycles. The van der Waals surface area contributed by atoms with Gasteiger partial charge < -0.3 is 10.6 Å². The van der Waals surface area contributed by atoms with E-state index in [-0.39, 0.29) is 16.8 Å². The molecule has 2 heterocycles. The third-order valence-corrected chi connectivity index (χ3v) is 5.05. The summed E-state index contributed by atoms with van der Waals surface area (Å²) in [5.41, 5.74) is 8.04. The number of thiocarbonyl (C=S) groups is 1. The molecule has 1 aromatic carbocycles. The van der Waals surface area contributed by atoms with Crippen LogP contribution in [0.1, 0.15) is 29.0 Å².